The predicted molar refractivity (Wildman–Crippen MR) is 168 cm³/mol. The molecule has 0 bridgehead atoms. The van der Waals surface area contributed by atoms with Crippen LogP contribution in [-0.2, 0) is 9.59 Å². The van der Waals surface area contributed by atoms with Crippen LogP contribution < -0.4 is 15.9 Å². The van der Waals surface area contributed by atoms with Gasteiger partial charge >= 0.3 is 0 Å². The topological polar surface area (TPSA) is 34.1 Å². The first-order valence-corrected chi connectivity index (χ1v) is 16.5. The number of hydrogen-bond donors (Lipinski definition) is 0. The van der Waals surface area contributed by atoms with Crippen LogP contribution in [0.2, 0.25) is 0 Å². The van der Waals surface area contributed by atoms with Gasteiger partial charge in [0, 0.05) is 16.7 Å². The van der Waals surface area contributed by atoms with E-state index in [4.69, 9.17) is 0 Å². The smallest absolute Gasteiger partial charge is 0.185 e. The van der Waals surface area contributed by atoms with E-state index in [9.17, 15) is 9.59 Å². The minimum Gasteiger partial charge on any atom is -0.290 e. The molecule has 39 heavy (non-hydrogen) atoms. The molecule has 0 aromatic heterocycles. The molecule has 202 valence electrons. The average Bonchev–Trinajstić information content (AvgIpc) is 2.99. The van der Waals surface area contributed by atoms with E-state index in [2.05, 4.69) is 91.0 Å². The van der Waals surface area contributed by atoms with Crippen molar-refractivity contribution in [3.8, 4) is 0 Å². The third kappa shape index (κ3) is 7.11. The van der Waals surface area contributed by atoms with Crippen molar-refractivity contribution in [3.05, 3.63) is 114 Å². The second kappa shape index (κ2) is 14.3. The molecule has 3 aromatic rings. The SMILES string of the molecule is CC1=C(C)C(=O)C(CCCCCCCCCC[P+](c2ccccc2)(c2ccccc2)c2ccccc2)=CC1=O. The molecule has 0 heterocycles. The molecule has 0 unspecified atom stereocenters. The van der Waals surface area contributed by atoms with Crippen molar-refractivity contribution in [1.29, 1.82) is 0 Å². The van der Waals surface area contributed by atoms with Crippen LogP contribution in [0.15, 0.2) is 114 Å². The molecule has 0 amide bonds. The van der Waals surface area contributed by atoms with Crippen LogP contribution in [0.25, 0.3) is 0 Å². The maximum atomic E-state index is 12.4. The second-order valence-corrected chi connectivity index (χ2v) is 14.3. The molecule has 0 aliphatic heterocycles. The summed E-state index contributed by atoms with van der Waals surface area (Å²) < 4.78 is 0. The van der Waals surface area contributed by atoms with Crippen LogP contribution in [0.4, 0.5) is 0 Å². The van der Waals surface area contributed by atoms with E-state index in [1.54, 1.807) is 19.9 Å². The molecule has 0 saturated heterocycles. The molecule has 0 fully saturated rings. The fourth-order valence-electron chi connectivity index (χ4n) is 5.72. The van der Waals surface area contributed by atoms with Gasteiger partial charge in [-0.2, -0.15) is 0 Å². The fraction of sp³-hybridized carbons (Fsp3) is 0.333. The van der Waals surface area contributed by atoms with E-state index in [0.29, 0.717) is 16.7 Å². The van der Waals surface area contributed by atoms with Gasteiger partial charge in [0.1, 0.15) is 23.2 Å². The summed E-state index contributed by atoms with van der Waals surface area (Å²) in [6.07, 6.45) is 13.0. The first-order valence-electron chi connectivity index (χ1n) is 14.6. The van der Waals surface area contributed by atoms with Crippen molar-refractivity contribution in [3.63, 3.8) is 0 Å². The van der Waals surface area contributed by atoms with Gasteiger partial charge in [-0.05, 0) is 82.0 Å². The molecule has 1 aliphatic carbocycles. The van der Waals surface area contributed by atoms with Gasteiger partial charge in [0.2, 0.25) is 0 Å². The Hall–Kier alpha value is -3.09. The van der Waals surface area contributed by atoms with Gasteiger partial charge in [0.25, 0.3) is 0 Å². The van der Waals surface area contributed by atoms with Crippen molar-refractivity contribution in [2.24, 2.45) is 0 Å². The number of carbonyl (C=O) groups is 2. The molecule has 3 aromatic carbocycles. The van der Waals surface area contributed by atoms with Crippen molar-refractivity contribution < 1.29 is 9.59 Å². The van der Waals surface area contributed by atoms with E-state index in [1.807, 2.05) is 0 Å². The number of Topliss-reactive ketones (excluding diaryl/α,β-unsaturated/α-hetero) is 1. The van der Waals surface area contributed by atoms with Crippen molar-refractivity contribution in [2.45, 2.75) is 71.6 Å². The Labute approximate surface area is 235 Å². The zero-order valence-electron chi connectivity index (χ0n) is 23.6. The summed E-state index contributed by atoms with van der Waals surface area (Å²) in [4.78, 5) is 24.5. The molecule has 0 spiro atoms. The van der Waals surface area contributed by atoms with Crippen molar-refractivity contribution >= 4 is 34.7 Å². The lowest BCUT2D eigenvalue weighted by Crippen LogP contribution is -2.33. The number of hydrogen-bond acceptors (Lipinski definition) is 2. The highest BCUT2D eigenvalue weighted by molar-refractivity contribution is 7.95. The average molecular weight is 538 g/mol. The van der Waals surface area contributed by atoms with Gasteiger partial charge in [-0.1, -0.05) is 86.7 Å². The molecular formula is C36H42O2P+. The van der Waals surface area contributed by atoms with Gasteiger partial charge in [0.15, 0.2) is 11.6 Å². The largest absolute Gasteiger partial charge is 0.290 e. The summed E-state index contributed by atoms with van der Waals surface area (Å²) in [5.41, 5.74) is 1.92. The third-order valence-electron chi connectivity index (χ3n) is 8.15. The predicted octanol–water partition coefficient (Wildman–Crippen LogP) is 7.91. The Morgan fingerprint density at radius 1 is 0.513 bits per heavy atom. The lowest BCUT2D eigenvalue weighted by Gasteiger charge is -2.27. The normalized spacial score (nSPS) is 14.1. The zero-order chi connectivity index (χ0) is 27.5. The highest BCUT2D eigenvalue weighted by Crippen LogP contribution is 2.56. The minimum atomic E-state index is -1.72. The van der Waals surface area contributed by atoms with E-state index in [-0.39, 0.29) is 11.6 Å². The number of unbranched alkanes of at least 4 members (excludes halogenated alkanes) is 7. The molecule has 2 nitrogen and oxygen atoms in total. The van der Waals surface area contributed by atoms with Crippen LogP contribution in [0.1, 0.15) is 71.6 Å². The third-order valence-corrected chi connectivity index (χ3v) is 12.7. The maximum absolute atomic E-state index is 12.4. The van der Waals surface area contributed by atoms with Gasteiger partial charge in [-0.3, -0.25) is 9.59 Å². The summed E-state index contributed by atoms with van der Waals surface area (Å²) in [6.45, 7) is 3.52. The summed E-state index contributed by atoms with van der Waals surface area (Å²) >= 11 is 0. The molecule has 0 N–H and O–H groups in total. The molecule has 1 aliphatic rings. The summed E-state index contributed by atoms with van der Waals surface area (Å²) in [5.74, 6) is 0.0629. The molecule has 0 saturated carbocycles. The number of benzene rings is 3. The number of carbonyl (C=O) groups excluding carboxylic acids is 2. The minimum absolute atomic E-state index is 0.000334. The monoisotopic (exact) mass is 537 g/mol. The molecule has 4 rings (SSSR count). The first kappa shape index (κ1) is 28.9. The Kier molecular flexibility index (Phi) is 10.6. The summed E-state index contributed by atoms with van der Waals surface area (Å²) in [6, 6.07) is 33.5. The van der Waals surface area contributed by atoms with E-state index >= 15 is 0 Å². The highest BCUT2D eigenvalue weighted by atomic mass is 31.2. The Balaban J connectivity index is 1.26. The van der Waals surface area contributed by atoms with Gasteiger partial charge in [-0.15, -0.1) is 0 Å². The fourth-order valence-corrected chi connectivity index (χ4v) is 10.1. The Bertz CT molecular complexity index is 1190. The van der Waals surface area contributed by atoms with Crippen LogP contribution in [0, 0.1) is 0 Å². The van der Waals surface area contributed by atoms with Crippen LogP contribution >= 0.6 is 7.26 Å². The molecule has 0 radical (unpaired) electrons. The van der Waals surface area contributed by atoms with Gasteiger partial charge < -0.3 is 0 Å². The molecular weight excluding hydrogens is 495 g/mol. The molecule has 3 heteroatoms. The lowest BCUT2D eigenvalue weighted by molar-refractivity contribution is -0.116. The Morgan fingerprint density at radius 2 is 0.923 bits per heavy atom. The maximum Gasteiger partial charge on any atom is 0.185 e. The van der Waals surface area contributed by atoms with Crippen LogP contribution in [0.5, 0.6) is 0 Å². The standard InChI is InChI=1S/C36H42O2P/c1-29-30(2)36(38)31(28-35(29)37)20-12-7-5-3-4-6-8-19-27-39(32-21-13-9-14-22-32,33-23-15-10-16-24-33)34-25-17-11-18-26-34/h9-11,13-18,21-26,28H,3-8,12,19-20,27H2,1-2H3/q+1. The lowest BCUT2D eigenvalue weighted by atomic mass is 9.88. The van der Waals surface area contributed by atoms with Crippen LogP contribution in [-0.4, -0.2) is 17.7 Å². The zero-order valence-corrected chi connectivity index (χ0v) is 24.5. The summed E-state index contributed by atoms with van der Waals surface area (Å²) in [5, 5.41) is 4.41. The number of allylic oxidation sites excluding steroid dienone is 4. The van der Waals surface area contributed by atoms with Crippen molar-refractivity contribution in [2.75, 3.05) is 6.16 Å². The Morgan fingerprint density at radius 3 is 1.38 bits per heavy atom. The van der Waals surface area contributed by atoms with E-state index < -0.39 is 7.26 Å². The van der Waals surface area contributed by atoms with E-state index in [0.717, 1.165) is 19.3 Å². The highest BCUT2D eigenvalue weighted by Gasteiger charge is 2.44. The first-order chi connectivity index (χ1) is 19.0. The quantitative estimate of drug-likeness (QED) is 0.119. The number of rotatable bonds is 14. The number of ketones is 2. The molecule has 0 atom stereocenters. The summed E-state index contributed by atoms with van der Waals surface area (Å²) in [7, 11) is -1.72. The van der Waals surface area contributed by atoms with Crippen LogP contribution in [0.3, 0.4) is 0 Å². The van der Waals surface area contributed by atoms with Gasteiger partial charge in [-0.25, -0.2) is 0 Å². The van der Waals surface area contributed by atoms with Gasteiger partial charge in [0.05, 0.1) is 6.16 Å². The van der Waals surface area contributed by atoms with E-state index in [1.165, 1.54) is 60.6 Å². The second-order valence-electron chi connectivity index (χ2n) is 10.7. The van der Waals surface area contributed by atoms with Crippen molar-refractivity contribution in [1.82, 2.24) is 0 Å².